The van der Waals surface area contributed by atoms with Crippen LogP contribution in [0.2, 0.25) is 5.02 Å². The number of benzene rings is 2. The minimum atomic E-state index is -0.632. The van der Waals surface area contributed by atoms with E-state index in [0.29, 0.717) is 17.1 Å². The summed E-state index contributed by atoms with van der Waals surface area (Å²) in [4.78, 5) is 0. The highest BCUT2D eigenvalue weighted by Crippen LogP contribution is 2.30. The van der Waals surface area contributed by atoms with Crippen molar-refractivity contribution in [2.45, 2.75) is 6.54 Å². The molecule has 0 atom stereocenters. The first-order valence-corrected chi connectivity index (χ1v) is 5.43. The third-order valence-electron chi connectivity index (χ3n) is 2.49. The summed E-state index contributed by atoms with van der Waals surface area (Å²) in [6.07, 6.45) is 0. The van der Waals surface area contributed by atoms with E-state index in [2.05, 4.69) is 0 Å². The van der Waals surface area contributed by atoms with E-state index < -0.39 is 11.6 Å². The van der Waals surface area contributed by atoms with E-state index in [-0.39, 0.29) is 5.56 Å². The van der Waals surface area contributed by atoms with Gasteiger partial charge in [-0.3, -0.25) is 0 Å². The van der Waals surface area contributed by atoms with Crippen molar-refractivity contribution in [2.24, 2.45) is 5.73 Å². The Bertz CT molecular complexity index is 555. The smallest absolute Gasteiger partial charge is 0.133 e. The summed E-state index contributed by atoms with van der Waals surface area (Å²) in [5, 5.41) is 0.401. The molecule has 2 rings (SSSR count). The standard InChI is InChI=1S/C13H10ClF2N/c14-12-5-8(7-17)1-3-10(12)11-4-2-9(15)6-13(11)16/h1-6H,7,17H2. The van der Waals surface area contributed by atoms with Gasteiger partial charge >= 0.3 is 0 Å². The summed E-state index contributed by atoms with van der Waals surface area (Å²) in [6, 6.07) is 8.53. The fraction of sp³-hybridized carbons (Fsp3) is 0.0769. The average molecular weight is 254 g/mol. The Hall–Kier alpha value is -1.45. The Morgan fingerprint density at radius 1 is 1.00 bits per heavy atom. The highest BCUT2D eigenvalue weighted by atomic mass is 35.5. The summed E-state index contributed by atoms with van der Waals surface area (Å²) in [5.74, 6) is -1.24. The molecule has 0 radical (unpaired) electrons. The van der Waals surface area contributed by atoms with Gasteiger partial charge in [0.1, 0.15) is 11.6 Å². The average Bonchev–Trinajstić information content (AvgIpc) is 2.30. The molecule has 0 heterocycles. The van der Waals surface area contributed by atoms with Crippen LogP contribution in [0.15, 0.2) is 36.4 Å². The molecular formula is C13H10ClF2N. The highest BCUT2D eigenvalue weighted by molar-refractivity contribution is 6.33. The molecule has 0 aromatic heterocycles. The van der Waals surface area contributed by atoms with Gasteiger partial charge in [0.25, 0.3) is 0 Å². The van der Waals surface area contributed by atoms with Crippen molar-refractivity contribution in [1.82, 2.24) is 0 Å². The maximum absolute atomic E-state index is 13.6. The topological polar surface area (TPSA) is 26.0 Å². The van der Waals surface area contributed by atoms with Crippen LogP contribution in [0.4, 0.5) is 8.78 Å². The van der Waals surface area contributed by atoms with Gasteiger partial charge in [0, 0.05) is 28.8 Å². The Kier molecular flexibility index (Phi) is 3.41. The van der Waals surface area contributed by atoms with E-state index in [9.17, 15) is 8.78 Å². The van der Waals surface area contributed by atoms with E-state index in [1.807, 2.05) is 0 Å². The number of hydrogen-bond acceptors (Lipinski definition) is 1. The number of hydrogen-bond donors (Lipinski definition) is 1. The first-order chi connectivity index (χ1) is 8.11. The minimum Gasteiger partial charge on any atom is -0.326 e. The fourth-order valence-corrected chi connectivity index (χ4v) is 1.92. The molecule has 2 aromatic rings. The lowest BCUT2D eigenvalue weighted by Crippen LogP contribution is -1.96. The molecule has 0 aliphatic rings. The number of halogens is 3. The molecule has 0 saturated carbocycles. The molecule has 0 aliphatic carbocycles. The van der Waals surface area contributed by atoms with Crippen molar-refractivity contribution < 1.29 is 8.78 Å². The SMILES string of the molecule is NCc1ccc(-c2ccc(F)cc2F)c(Cl)c1. The Morgan fingerprint density at radius 3 is 2.29 bits per heavy atom. The number of nitrogens with two attached hydrogens (primary N) is 1. The maximum atomic E-state index is 13.6. The van der Waals surface area contributed by atoms with Crippen molar-refractivity contribution in [3.05, 3.63) is 58.6 Å². The molecule has 1 nitrogen and oxygen atoms in total. The van der Waals surface area contributed by atoms with Crippen molar-refractivity contribution in [3.63, 3.8) is 0 Å². The van der Waals surface area contributed by atoms with Gasteiger partial charge in [0.2, 0.25) is 0 Å². The molecule has 2 aromatic carbocycles. The van der Waals surface area contributed by atoms with Gasteiger partial charge in [-0.05, 0) is 23.8 Å². The van der Waals surface area contributed by atoms with Crippen molar-refractivity contribution in [3.8, 4) is 11.1 Å². The van der Waals surface area contributed by atoms with E-state index in [1.165, 1.54) is 12.1 Å². The second kappa shape index (κ2) is 4.82. The van der Waals surface area contributed by atoms with Crippen LogP contribution in [0.5, 0.6) is 0 Å². The molecule has 88 valence electrons. The summed E-state index contributed by atoms with van der Waals surface area (Å²) in [6.45, 7) is 0.367. The van der Waals surface area contributed by atoms with Crippen molar-refractivity contribution >= 4 is 11.6 Å². The van der Waals surface area contributed by atoms with E-state index in [0.717, 1.165) is 11.6 Å². The Balaban J connectivity index is 2.53. The molecule has 0 saturated heterocycles. The van der Waals surface area contributed by atoms with Crippen LogP contribution in [0.3, 0.4) is 0 Å². The van der Waals surface area contributed by atoms with Crippen LogP contribution < -0.4 is 5.73 Å². The highest BCUT2D eigenvalue weighted by Gasteiger charge is 2.10. The quantitative estimate of drug-likeness (QED) is 0.867. The molecule has 0 unspecified atom stereocenters. The van der Waals surface area contributed by atoms with Crippen LogP contribution in [0, 0.1) is 11.6 Å². The molecule has 17 heavy (non-hydrogen) atoms. The summed E-state index contributed by atoms with van der Waals surface area (Å²) in [7, 11) is 0. The van der Waals surface area contributed by atoms with E-state index in [1.54, 1.807) is 18.2 Å². The number of rotatable bonds is 2. The Labute approximate surface area is 103 Å². The van der Waals surface area contributed by atoms with Crippen LogP contribution in [0.25, 0.3) is 11.1 Å². The van der Waals surface area contributed by atoms with Gasteiger partial charge in [-0.1, -0.05) is 23.7 Å². The molecule has 0 aliphatic heterocycles. The van der Waals surface area contributed by atoms with Gasteiger partial charge < -0.3 is 5.73 Å². The maximum Gasteiger partial charge on any atom is 0.133 e. The molecule has 4 heteroatoms. The molecule has 2 N–H and O–H groups in total. The van der Waals surface area contributed by atoms with Gasteiger partial charge in [-0.25, -0.2) is 8.78 Å². The summed E-state index contributed by atoms with van der Waals surface area (Å²) in [5.41, 5.74) is 7.14. The third kappa shape index (κ3) is 2.46. The van der Waals surface area contributed by atoms with Crippen LogP contribution in [-0.2, 0) is 6.54 Å². The third-order valence-corrected chi connectivity index (χ3v) is 2.80. The lowest BCUT2D eigenvalue weighted by molar-refractivity contribution is 0.585. The fourth-order valence-electron chi connectivity index (χ4n) is 1.61. The predicted molar refractivity (Wildman–Crippen MR) is 64.7 cm³/mol. The zero-order valence-corrected chi connectivity index (χ0v) is 9.64. The summed E-state index contributed by atoms with van der Waals surface area (Å²) < 4.78 is 26.4. The zero-order valence-electron chi connectivity index (χ0n) is 8.88. The van der Waals surface area contributed by atoms with Crippen LogP contribution >= 0.6 is 11.6 Å². The van der Waals surface area contributed by atoms with E-state index >= 15 is 0 Å². The first-order valence-electron chi connectivity index (χ1n) is 5.05. The predicted octanol–water partition coefficient (Wildman–Crippen LogP) is 3.74. The molecule has 0 spiro atoms. The van der Waals surface area contributed by atoms with Crippen molar-refractivity contribution in [2.75, 3.05) is 0 Å². The largest absolute Gasteiger partial charge is 0.326 e. The van der Waals surface area contributed by atoms with Gasteiger partial charge in [0.15, 0.2) is 0 Å². The van der Waals surface area contributed by atoms with Gasteiger partial charge in [-0.2, -0.15) is 0 Å². The normalized spacial score (nSPS) is 10.6. The summed E-state index contributed by atoms with van der Waals surface area (Å²) >= 11 is 6.04. The lowest BCUT2D eigenvalue weighted by atomic mass is 10.0. The van der Waals surface area contributed by atoms with Gasteiger partial charge in [-0.15, -0.1) is 0 Å². The monoisotopic (exact) mass is 253 g/mol. The lowest BCUT2D eigenvalue weighted by Gasteiger charge is -2.07. The molecule has 0 bridgehead atoms. The molecule has 0 amide bonds. The molecule has 0 fully saturated rings. The van der Waals surface area contributed by atoms with Crippen LogP contribution in [-0.4, -0.2) is 0 Å². The second-order valence-electron chi connectivity index (χ2n) is 3.64. The van der Waals surface area contributed by atoms with E-state index in [4.69, 9.17) is 17.3 Å². The van der Waals surface area contributed by atoms with Crippen LogP contribution in [0.1, 0.15) is 5.56 Å². The first kappa shape index (κ1) is 12.0. The minimum absolute atomic E-state index is 0.278. The molecular weight excluding hydrogens is 244 g/mol. The second-order valence-corrected chi connectivity index (χ2v) is 4.05. The van der Waals surface area contributed by atoms with Gasteiger partial charge in [0.05, 0.1) is 0 Å². The zero-order chi connectivity index (χ0) is 12.4. The Morgan fingerprint density at radius 2 is 1.71 bits per heavy atom. The van der Waals surface area contributed by atoms with Crippen molar-refractivity contribution in [1.29, 1.82) is 0 Å².